The van der Waals surface area contributed by atoms with E-state index in [-0.39, 0.29) is 11.7 Å². The van der Waals surface area contributed by atoms with Crippen LogP contribution in [0.2, 0.25) is 0 Å². The Morgan fingerprint density at radius 1 is 1.26 bits per heavy atom. The second-order valence-corrected chi connectivity index (χ2v) is 4.84. The normalized spacial score (nSPS) is 10.9. The highest BCUT2D eigenvalue weighted by atomic mass is 16.5. The van der Waals surface area contributed by atoms with Gasteiger partial charge in [0.2, 0.25) is 0 Å². The van der Waals surface area contributed by atoms with Crippen LogP contribution in [0.3, 0.4) is 0 Å². The number of carbonyl (C=O) groups is 1. The van der Waals surface area contributed by atoms with Crippen molar-refractivity contribution in [3.63, 3.8) is 0 Å². The molecule has 1 heterocycles. The number of benzene rings is 1. The summed E-state index contributed by atoms with van der Waals surface area (Å²) < 4.78 is 10.4. The smallest absolute Gasteiger partial charge is 0.336 e. The number of ether oxygens (including phenoxy) is 1. The number of ketones is 1. The van der Waals surface area contributed by atoms with E-state index in [9.17, 15) is 9.59 Å². The van der Waals surface area contributed by atoms with E-state index in [0.717, 1.165) is 0 Å². The van der Waals surface area contributed by atoms with Crippen LogP contribution in [0.1, 0.15) is 30.6 Å². The minimum atomic E-state index is -0.473. The third-order valence-electron chi connectivity index (χ3n) is 2.84. The Morgan fingerprint density at radius 2 is 1.95 bits per heavy atom. The first-order valence-corrected chi connectivity index (χ1v) is 6.17. The molecular formula is C15H16O4. The molecule has 2 aromatic rings. The van der Waals surface area contributed by atoms with Crippen LogP contribution in [-0.2, 0) is 0 Å². The summed E-state index contributed by atoms with van der Waals surface area (Å²) in [4.78, 5) is 23.7. The van der Waals surface area contributed by atoms with Gasteiger partial charge in [-0.1, -0.05) is 13.8 Å². The molecule has 4 heteroatoms. The van der Waals surface area contributed by atoms with E-state index in [2.05, 4.69) is 0 Å². The molecule has 0 saturated heterocycles. The molecule has 0 aliphatic heterocycles. The van der Waals surface area contributed by atoms with E-state index >= 15 is 0 Å². The lowest BCUT2D eigenvalue weighted by Gasteiger charge is -2.11. The molecule has 1 aromatic heterocycles. The van der Waals surface area contributed by atoms with Crippen molar-refractivity contribution in [3.05, 3.63) is 40.2 Å². The van der Waals surface area contributed by atoms with Gasteiger partial charge in [0.05, 0.1) is 7.11 Å². The lowest BCUT2D eigenvalue weighted by Crippen LogP contribution is -2.08. The second kappa shape index (κ2) is 5.26. The molecule has 0 bridgehead atoms. The van der Waals surface area contributed by atoms with Crippen molar-refractivity contribution < 1.29 is 13.9 Å². The summed E-state index contributed by atoms with van der Waals surface area (Å²) in [6.07, 6.45) is 0.383. The molecule has 19 heavy (non-hydrogen) atoms. The lowest BCUT2D eigenvalue weighted by atomic mass is 9.98. The molecule has 0 aliphatic rings. The van der Waals surface area contributed by atoms with Gasteiger partial charge >= 0.3 is 5.63 Å². The Hall–Kier alpha value is -2.10. The van der Waals surface area contributed by atoms with Gasteiger partial charge in [0.1, 0.15) is 11.3 Å². The monoisotopic (exact) mass is 260 g/mol. The average molecular weight is 260 g/mol. The third kappa shape index (κ3) is 2.67. The topological polar surface area (TPSA) is 56.5 Å². The van der Waals surface area contributed by atoms with E-state index in [0.29, 0.717) is 28.7 Å². The van der Waals surface area contributed by atoms with E-state index in [1.807, 2.05) is 13.8 Å². The van der Waals surface area contributed by atoms with Crippen molar-refractivity contribution in [1.82, 2.24) is 0 Å². The molecule has 0 spiro atoms. The molecule has 0 amide bonds. The van der Waals surface area contributed by atoms with Gasteiger partial charge in [-0.05, 0) is 24.1 Å². The van der Waals surface area contributed by atoms with Crippen molar-refractivity contribution >= 4 is 16.8 Å². The predicted molar refractivity (Wildman–Crippen MR) is 72.8 cm³/mol. The van der Waals surface area contributed by atoms with Crippen LogP contribution in [0.15, 0.2) is 33.5 Å². The number of methoxy groups -OCH3 is 1. The molecule has 0 aliphatic carbocycles. The molecule has 0 fully saturated rings. The average Bonchev–Trinajstić information content (AvgIpc) is 2.36. The first-order valence-electron chi connectivity index (χ1n) is 6.17. The zero-order chi connectivity index (χ0) is 14.0. The van der Waals surface area contributed by atoms with Gasteiger partial charge < -0.3 is 9.15 Å². The highest BCUT2D eigenvalue weighted by Gasteiger charge is 2.19. The minimum absolute atomic E-state index is 0.0770. The summed E-state index contributed by atoms with van der Waals surface area (Å²) in [5.41, 5.74) is 0.184. The Kier molecular flexibility index (Phi) is 3.69. The Balaban J connectivity index is 2.70. The Bertz CT molecular complexity index is 667. The molecule has 100 valence electrons. The summed E-state index contributed by atoms with van der Waals surface area (Å²) in [5, 5.41) is 0.715. The number of carbonyl (C=O) groups excluding carboxylic acids is 1. The van der Waals surface area contributed by atoms with Crippen LogP contribution in [0, 0.1) is 5.92 Å². The summed E-state index contributed by atoms with van der Waals surface area (Å²) >= 11 is 0. The van der Waals surface area contributed by atoms with Gasteiger partial charge in [-0.2, -0.15) is 0 Å². The minimum Gasteiger partial charge on any atom is -0.496 e. The fraction of sp³-hybridized carbons (Fsp3) is 0.333. The first-order chi connectivity index (χ1) is 9.02. The van der Waals surface area contributed by atoms with Crippen LogP contribution in [0.25, 0.3) is 11.0 Å². The van der Waals surface area contributed by atoms with Crippen molar-refractivity contribution in [2.24, 2.45) is 5.92 Å². The SMILES string of the molecule is COc1ccc2ccc(=O)oc2c1C(=O)CC(C)C. The maximum Gasteiger partial charge on any atom is 0.336 e. The van der Waals surface area contributed by atoms with Gasteiger partial charge in [-0.25, -0.2) is 4.79 Å². The van der Waals surface area contributed by atoms with Gasteiger partial charge in [0.25, 0.3) is 0 Å². The second-order valence-electron chi connectivity index (χ2n) is 4.84. The Morgan fingerprint density at radius 3 is 2.58 bits per heavy atom. The van der Waals surface area contributed by atoms with Gasteiger partial charge in [-0.15, -0.1) is 0 Å². The van der Waals surface area contributed by atoms with Crippen LogP contribution < -0.4 is 10.4 Å². The molecule has 1 aromatic carbocycles. The first kappa shape index (κ1) is 13.3. The van der Waals surface area contributed by atoms with Crippen molar-refractivity contribution in [2.45, 2.75) is 20.3 Å². The molecule has 0 unspecified atom stereocenters. The largest absolute Gasteiger partial charge is 0.496 e. The lowest BCUT2D eigenvalue weighted by molar-refractivity contribution is 0.0965. The summed E-state index contributed by atoms with van der Waals surface area (Å²) in [6.45, 7) is 3.93. The summed E-state index contributed by atoms with van der Waals surface area (Å²) in [7, 11) is 1.49. The van der Waals surface area contributed by atoms with Crippen molar-refractivity contribution in [3.8, 4) is 5.75 Å². The fourth-order valence-electron chi connectivity index (χ4n) is 2.02. The maximum atomic E-state index is 12.3. The zero-order valence-electron chi connectivity index (χ0n) is 11.2. The number of fused-ring (bicyclic) bond motifs is 1. The Labute approximate surface area is 111 Å². The zero-order valence-corrected chi connectivity index (χ0v) is 11.2. The van der Waals surface area contributed by atoms with Crippen LogP contribution in [0.5, 0.6) is 5.75 Å². The highest BCUT2D eigenvalue weighted by Crippen LogP contribution is 2.29. The number of hydrogen-bond donors (Lipinski definition) is 0. The van der Waals surface area contributed by atoms with Gasteiger partial charge in [-0.3, -0.25) is 4.79 Å². The maximum absolute atomic E-state index is 12.3. The molecule has 0 saturated carbocycles. The van der Waals surface area contributed by atoms with E-state index in [1.165, 1.54) is 13.2 Å². The third-order valence-corrected chi connectivity index (χ3v) is 2.84. The fourth-order valence-corrected chi connectivity index (χ4v) is 2.02. The highest BCUT2D eigenvalue weighted by molar-refractivity contribution is 6.08. The van der Waals surface area contributed by atoms with E-state index in [4.69, 9.17) is 9.15 Å². The quantitative estimate of drug-likeness (QED) is 0.626. The summed E-state index contributed by atoms with van der Waals surface area (Å²) in [6, 6.07) is 6.47. The number of hydrogen-bond acceptors (Lipinski definition) is 4. The molecule has 2 rings (SSSR count). The van der Waals surface area contributed by atoms with E-state index in [1.54, 1.807) is 18.2 Å². The molecule has 0 N–H and O–H groups in total. The molecule has 0 radical (unpaired) electrons. The van der Waals surface area contributed by atoms with Gasteiger partial charge in [0.15, 0.2) is 11.4 Å². The van der Waals surface area contributed by atoms with E-state index < -0.39 is 5.63 Å². The molecular weight excluding hydrogens is 244 g/mol. The predicted octanol–water partition coefficient (Wildman–Crippen LogP) is 3.03. The van der Waals surface area contributed by atoms with Gasteiger partial charge in [0, 0.05) is 17.9 Å². The summed E-state index contributed by atoms with van der Waals surface area (Å²) in [5.74, 6) is 0.585. The van der Waals surface area contributed by atoms with Crippen LogP contribution in [0.4, 0.5) is 0 Å². The standard InChI is InChI=1S/C15H16O4/c1-9(2)8-11(16)14-12(18-3)6-4-10-5-7-13(17)19-15(10)14/h4-7,9H,8H2,1-3H3. The molecule has 4 nitrogen and oxygen atoms in total. The number of Topliss-reactive ketones (excluding diaryl/α,β-unsaturated/α-hetero) is 1. The van der Waals surface area contributed by atoms with Crippen molar-refractivity contribution in [1.29, 1.82) is 0 Å². The van der Waals surface area contributed by atoms with Crippen LogP contribution >= 0.6 is 0 Å². The molecule has 0 atom stereocenters. The van der Waals surface area contributed by atoms with Crippen molar-refractivity contribution in [2.75, 3.05) is 7.11 Å². The van der Waals surface area contributed by atoms with Crippen LogP contribution in [-0.4, -0.2) is 12.9 Å². The number of rotatable bonds is 4.